The number of methoxy groups -OCH3 is 1. The normalized spacial score (nSPS) is 11.7. The highest BCUT2D eigenvalue weighted by Gasteiger charge is 2.35. The first-order chi connectivity index (χ1) is 10.8. The Labute approximate surface area is 135 Å². The smallest absolute Gasteiger partial charge is 0.383 e. The third-order valence-corrected chi connectivity index (χ3v) is 3.39. The van der Waals surface area contributed by atoms with Crippen molar-refractivity contribution in [3.8, 4) is 0 Å². The largest absolute Gasteiger partial charge is 0.451 e. The van der Waals surface area contributed by atoms with Crippen molar-refractivity contribution in [1.29, 1.82) is 0 Å². The zero-order valence-electron chi connectivity index (χ0n) is 12.5. The molecule has 0 unspecified atom stereocenters. The van der Waals surface area contributed by atoms with Gasteiger partial charge in [-0.2, -0.15) is 18.3 Å². The van der Waals surface area contributed by atoms with Gasteiger partial charge < -0.3 is 9.64 Å². The molecule has 0 amide bonds. The molecule has 0 aliphatic carbocycles. The van der Waals surface area contributed by atoms with Gasteiger partial charge in [0.25, 0.3) is 0 Å². The first-order valence-corrected chi connectivity index (χ1v) is 7.01. The zero-order valence-corrected chi connectivity index (χ0v) is 13.3. The fourth-order valence-electron chi connectivity index (χ4n) is 1.93. The second kappa shape index (κ2) is 7.14. The third-order valence-electron chi connectivity index (χ3n) is 3.12. The Bertz CT molecular complexity index is 661. The fraction of sp³-hybridized carbons (Fsp3) is 0.462. The van der Waals surface area contributed by atoms with Crippen molar-refractivity contribution >= 4 is 17.4 Å². The Balaban J connectivity index is 2.36. The fourth-order valence-corrected chi connectivity index (χ4v) is 2.14. The summed E-state index contributed by atoms with van der Waals surface area (Å²) >= 11 is 6.00. The summed E-state index contributed by atoms with van der Waals surface area (Å²) in [6.07, 6.45) is -2.08. The summed E-state index contributed by atoms with van der Waals surface area (Å²) in [5.74, 6) is -1.23. The van der Waals surface area contributed by atoms with Gasteiger partial charge in [-0.1, -0.05) is 11.6 Å². The van der Waals surface area contributed by atoms with Crippen LogP contribution in [0, 0.1) is 0 Å². The maximum Gasteiger partial charge on any atom is 0.451 e. The summed E-state index contributed by atoms with van der Waals surface area (Å²) in [7, 11) is 3.25. The number of hydrogen-bond acceptors (Lipinski definition) is 5. The Morgan fingerprint density at radius 3 is 2.70 bits per heavy atom. The number of alkyl halides is 3. The van der Waals surface area contributed by atoms with Crippen molar-refractivity contribution in [2.45, 2.75) is 12.7 Å². The van der Waals surface area contributed by atoms with E-state index >= 15 is 0 Å². The van der Waals surface area contributed by atoms with Gasteiger partial charge >= 0.3 is 6.18 Å². The number of aryl methyl sites for hydroxylation is 1. The lowest BCUT2D eigenvalue weighted by Gasteiger charge is -2.24. The second-order valence-electron chi connectivity index (χ2n) is 4.72. The quantitative estimate of drug-likeness (QED) is 0.802. The molecule has 2 aromatic heterocycles. The number of anilines is 1. The van der Waals surface area contributed by atoms with Gasteiger partial charge in [-0.3, -0.25) is 4.68 Å². The van der Waals surface area contributed by atoms with Gasteiger partial charge in [-0.15, -0.1) is 0 Å². The van der Waals surface area contributed by atoms with Gasteiger partial charge in [0.1, 0.15) is 5.02 Å². The van der Waals surface area contributed by atoms with Gasteiger partial charge in [-0.05, 0) is 6.07 Å². The molecule has 2 heterocycles. The van der Waals surface area contributed by atoms with Crippen LogP contribution in [-0.4, -0.2) is 40.0 Å². The van der Waals surface area contributed by atoms with E-state index in [4.69, 9.17) is 16.3 Å². The highest BCUT2D eigenvalue weighted by Crippen LogP contribution is 2.31. The summed E-state index contributed by atoms with van der Waals surface area (Å²) < 4.78 is 45.1. The van der Waals surface area contributed by atoms with E-state index in [1.807, 2.05) is 0 Å². The summed E-state index contributed by atoms with van der Waals surface area (Å²) in [5, 5.41) is 4.07. The van der Waals surface area contributed by atoms with E-state index in [9.17, 15) is 13.2 Å². The minimum Gasteiger partial charge on any atom is -0.383 e. The number of halogens is 4. The van der Waals surface area contributed by atoms with Crippen LogP contribution in [0.25, 0.3) is 0 Å². The van der Waals surface area contributed by atoms with Gasteiger partial charge in [0.15, 0.2) is 5.82 Å². The number of rotatable bonds is 6. The van der Waals surface area contributed by atoms with Crippen molar-refractivity contribution in [1.82, 2.24) is 19.7 Å². The third kappa shape index (κ3) is 4.32. The number of nitrogens with zero attached hydrogens (tertiary/aromatic N) is 5. The van der Waals surface area contributed by atoms with Crippen molar-refractivity contribution < 1.29 is 17.9 Å². The SMILES string of the molecule is COCCN(Cc1ccnn1C)c1nc(C(F)(F)F)ncc1Cl. The summed E-state index contributed by atoms with van der Waals surface area (Å²) in [6, 6.07) is 1.76. The molecule has 0 spiro atoms. The van der Waals surface area contributed by atoms with Crippen LogP contribution in [0.5, 0.6) is 0 Å². The number of hydrogen-bond donors (Lipinski definition) is 0. The average molecular weight is 350 g/mol. The molecule has 2 rings (SSSR count). The summed E-state index contributed by atoms with van der Waals surface area (Å²) in [5.41, 5.74) is 0.796. The van der Waals surface area contributed by atoms with E-state index in [2.05, 4.69) is 15.1 Å². The van der Waals surface area contributed by atoms with Crippen molar-refractivity contribution in [2.75, 3.05) is 25.2 Å². The highest BCUT2D eigenvalue weighted by molar-refractivity contribution is 6.32. The Hall–Kier alpha value is -1.87. The summed E-state index contributed by atoms with van der Waals surface area (Å²) in [4.78, 5) is 8.42. The number of ether oxygens (including phenoxy) is 1. The monoisotopic (exact) mass is 349 g/mol. The van der Waals surface area contributed by atoms with Crippen LogP contribution in [0.15, 0.2) is 18.5 Å². The van der Waals surface area contributed by atoms with Crippen LogP contribution in [0.3, 0.4) is 0 Å². The maximum absolute atomic E-state index is 12.8. The first-order valence-electron chi connectivity index (χ1n) is 6.63. The van der Waals surface area contributed by atoms with E-state index in [0.29, 0.717) is 13.2 Å². The molecule has 0 saturated heterocycles. The topological polar surface area (TPSA) is 56.1 Å². The molecule has 0 aromatic carbocycles. The van der Waals surface area contributed by atoms with Crippen LogP contribution in [-0.2, 0) is 24.5 Å². The molecule has 126 valence electrons. The summed E-state index contributed by atoms with van der Waals surface area (Å²) in [6.45, 7) is 0.906. The van der Waals surface area contributed by atoms with E-state index in [-0.39, 0.29) is 17.4 Å². The predicted molar refractivity (Wildman–Crippen MR) is 78.2 cm³/mol. The van der Waals surface area contributed by atoms with Crippen molar-refractivity contribution in [2.24, 2.45) is 7.05 Å². The van der Waals surface area contributed by atoms with Gasteiger partial charge in [-0.25, -0.2) is 9.97 Å². The van der Waals surface area contributed by atoms with Crippen LogP contribution >= 0.6 is 11.6 Å². The molecule has 0 N–H and O–H groups in total. The molecule has 0 aliphatic rings. The van der Waals surface area contributed by atoms with Gasteiger partial charge in [0.2, 0.25) is 5.82 Å². The Kier molecular flexibility index (Phi) is 5.42. The lowest BCUT2D eigenvalue weighted by Crippen LogP contribution is -2.30. The van der Waals surface area contributed by atoms with E-state index < -0.39 is 12.0 Å². The van der Waals surface area contributed by atoms with E-state index in [1.54, 1.807) is 28.9 Å². The second-order valence-corrected chi connectivity index (χ2v) is 5.13. The predicted octanol–water partition coefficient (Wildman–Crippen LogP) is 2.54. The van der Waals surface area contributed by atoms with Gasteiger partial charge in [0.05, 0.1) is 25.0 Å². The van der Waals surface area contributed by atoms with Crippen LogP contribution in [0.2, 0.25) is 5.02 Å². The Morgan fingerprint density at radius 2 is 2.13 bits per heavy atom. The van der Waals surface area contributed by atoms with E-state index in [1.165, 1.54) is 7.11 Å². The molecule has 0 bridgehead atoms. The van der Waals surface area contributed by atoms with Crippen LogP contribution in [0.1, 0.15) is 11.5 Å². The first kappa shape index (κ1) is 17.5. The van der Waals surface area contributed by atoms with Gasteiger partial charge in [0, 0.05) is 26.9 Å². The minimum atomic E-state index is -4.64. The number of aromatic nitrogens is 4. The molecular weight excluding hydrogens is 335 g/mol. The van der Waals surface area contributed by atoms with Crippen molar-refractivity contribution in [3.05, 3.63) is 35.0 Å². The molecule has 2 aromatic rings. The van der Waals surface area contributed by atoms with Crippen LogP contribution in [0.4, 0.5) is 19.0 Å². The zero-order chi connectivity index (χ0) is 17.0. The lowest BCUT2D eigenvalue weighted by atomic mass is 10.3. The lowest BCUT2D eigenvalue weighted by molar-refractivity contribution is -0.144. The molecule has 0 radical (unpaired) electrons. The molecule has 0 saturated carbocycles. The molecular formula is C13H15ClF3N5O. The Morgan fingerprint density at radius 1 is 1.39 bits per heavy atom. The molecule has 6 nitrogen and oxygen atoms in total. The molecule has 10 heteroatoms. The van der Waals surface area contributed by atoms with Crippen molar-refractivity contribution in [3.63, 3.8) is 0 Å². The maximum atomic E-state index is 12.8. The molecule has 23 heavy (non-hydrogen) atoms. The molecule has 0 aliphatic heterocycles. The highest BCUT2D eigenvalue weighted by atomic mass is 35.5. The standard InChI is InChI=1S/C13H15ClF3N5O/c1-21-9(3-4-19-21)8-22(5-6-23-2)11-10(14)7-18-12(20-11)13(15,16)17/h3-4,7H,5-6,8H2,1-2H3. The minimum absolute atomic E-state index is 0.00671. The molecule has 0 atom stereocenters. The average Bonchev–Trinajstić information content (AvgIpc) is 2.88. The van der Waals surface area contributed by atoms with E-state index in [0.717, 1.165) is 11.9 Å². The molecule has 0 fully saturated rings. The van der Waals surface area contributed by atoms with Crippen LogP contribution < -0.4 is 4.90 Å².